The molecular weight excluding hydrogens is 344 g/mol. The molecule has 0 saturated heterocycles. The molecule has 7 nitrogen and oxygen atoms in total. The minimum absolute atomic E-state index is 0.190. The predicted molar refractivity (Wildman–Crippen MR) is 98.8 cm³/mol. The number of carbonyl (C=O) groups excluding carboxylic acids is 1. The Bertz CT molecular complexity index is 1090. The van der Waals surface area contributed by atoms with Crippen LogP contribution in [0.2, 0.25) is 0 Å². The number of nitrogens with zero attached hydrogens (tertiary/aromatic N) is 4. The number of ether oxygens (including phenoxy) is 2. The second-order valence-corrected chi connectivity index (χ2v) is 5.93. The highest BCUT2D eigenvalue weighted by Crippen LogP contribution is 2.22. The first kappa shape index (κ1) is 16.7. The van der Waals surface area contributed by atoms with Crippen molar-refractivity contribution < 1.29 is 14.3 Å². The van der Waals surface area contributed by atoms with E-state index in [0.29, 0.717) is 11.3 Å². The van der Waals surface area contributed by atoms with E-state index in [0.717, 1.165) is 22.1 Å². The van der Waals surface area contributed by atoms with Crippen molar-refractivity contribution in [2.75, 3.05) is 7.11 Å². The second kappa shape index (κ2) is 7.25. The van der Waals surface area contributed by atoms with Crippen molar-refractivity contribution in [2.24, 2.45) is 0 Å². The van der Waals surface area contributed by atoms with Gasteiger partial charge < -0.3 is 9.47 Å². The van der Waals surface area contributed by atoms with E-state index in [4.69, 9.17) is 9.47 Å². The number of carbonyl (C=O) groups is 1. The van der Waals surface area contributed by atoms with Crippen LogP contribution in [0.15, 0.2) is 67.0 Å². The number of benzene rings is 3. The van der Waals surface area contributed by atoms with Crippen LogP contribution in [-0.2, 0) is 11.3 Å². The molecule has 0 N–H and O–H groups in total. The van der Waals surface area contributed by atoms with Crippen molar-refractivity contribution in [2.45, 2.75) is 6.61 Å². The van der Waals surface area contributed by atoms with Gasteiger partial charge in [-0.05, 0) is 63.2 Å². The molecule has 0 fully saturated rings. The summed E-state index contributed by atoms with van der Waals surface area (Å²) in [5.74, 6) is 0.406. The molecule has 0 unspecified atom stereocenters. The number of fused-ring (bicyclic) bond motifs is 1. The van der Waals surface area contributed by atoms with Crippen molar-refractivity contribution in [3.8, 4) is 11.4 Å². The number of aromatic nitrogens is 4. The molecule has 0 aliphatic heterocycles. The van der Waals surface area contributed by atoms with Gasteiger partial charge in [0.15, 0.2) is 0 Å². The summed E-state index contributed by atoms with van der Waals surface area (Å²) in [6, 6.07) is 18.7. The molecule has 0 radical (unpaired) electrons. The molecule has 7 heteroatoms. The fourth-order valence-corrected chi connectivity index (χ4v) is 2.78. The van der Waals surface area contributed by atoms with Gasteiger partial charge in [0.1, 0.15) is 18.7 Å². The van der Waals surface area contributed by atoms with Gasteiger partial charge in [-0.15, -0.1) is 5.10 Å². The summed E-state index contributed by atoms with van der Waals surface area (Å²) in [4.78, 5) is 12.4. The Kier molecular flexibility index (Phi) is 4.49. The molecule has 4 rings (SSSR count). The van der Waals surface area contributed by atoms with Crippen molar-refractivity contribution in [3.05, 3.63) is 78.1 Å². The Labute approximate surface area is 155 Å². The lowest BCUT2D eigenvalue weighted by atomic mass is 10.1. The molecule has 0 saturated carbocycles. The number of esters is 1. The Morgan fingerprint density at radius 1 is 1.04 bits per heavy atom. The van der Waals surface area contributed by atoms with E-state index in [9.17, 15) is 4.79 Å². The lowest BCUT2D eigenvalue weighted by Crippen LogP contribution is -2.06. The van der Waals surface area contributed by atoms with Crippen LogP contribution in [0.1, 0.15) is 15.9 Å². The van der Waals surface area contributed by atoms with E-state index >= 15 is 0 Å². The van der Waals surface area contributed by atoms with Crippen LogP contribution in [0, 0.1) is 0 Å². The zero-order valence-corrected chi connectivity index (χ0v) is 14.6. The first-order valence-electron chi connectivity index (χ1n) is 8.30. The Morgan fingerprint density at radius 2 is 1.89 bits per heavy atom. The third kappa shape index (κ3) is 3.62. The van der Waals surface area contributed by atoms with Gasteiger partial charge in [-0.1, -0.05) is 24.3 Å². The first-order valence-corrected chi connectivity index (χ1v) is 8.30. The van der Waals surface area contributed by atoms with E-state index in [2.05, 4.69) is 15.5 Å². The molecule has 4 aromatic rings. The van der Waals surface area contributed by atoms with Gasteiger partial charge in [-0.25, -0.2) is 9.48 Å². The predicted octanol–water partition coefficient (Wildman–Crippen LogP) is 3.18. The number of rotatable bonds is 5. The summed E-state index contributed by atoms with van der Waals surface area (Å²) < 4.78 is 12.2. The van der Waals surface area contributed by atoms with Crippen LogP contribution < -0.4 is 4.74 Å². The number of methoxy groups -OCH3 is 1. The summed E-state index contributed by atoms with van der Waals surface area (Å²) in [6.07, 6.45) is 1.47. The number of hydrogen-bond acceptors (Lipinski definition) is 6. The van der Waals surface area contributed by atoms with Crippen molar-refractivity contribution in [1.82, 2.24) is 20.2 Å². The zero-order chi connectivity index (χ0) is 18.6. The standard InChI is InChI=1S/C20H16N4O3/c1-26-19-8-7-15-9-14(5-6-16(15)11-19)12-27-20(25)17-3-2-4-18(10-17)24-13-21-22-23-24/h2-11,13H,12H2,1H3. The maximum Gasteiger partial charge on any atom is 0.338 e. The number of hydrogen-bond donors (Lipinski definition) is 0. The highest BCUT2D eigenvalue weighted by molar-refractivity contribution is 5.90. The third-order valence-corrected chi connectivity index (χ3v) is 4.18. The van der Waals surface area contributed by atoms with Gasteiger partial charge in [0.05, 0.1) is 18.4 Å². The molecule has 0 bridgehead atoms. The van der Waals surface area contributed by atoms with Crippen molar-refractivity contribution in [3.63, 3.8) is 0 Å². The van der Waals surface area contributed by atoms with E-state index in [1.165, 1.54) is 11.0 Å². The molecule has 0 aliphatic carbocycles. The second-order valence-electron chi connectivity index (χ2n) is 5.93. The van der Waals surface area contributed by atoms with E-state index in [-0.39, 0.29) is 6.61 Å². The molecule has 0 amide bonds. The lowest BCUT2D eigenvalue weighted by molar-refractivity contribution is 0.0473. The minimum Gasteiger partial charge on any atom is -0.497 e. The molecule has 0 atom stereocenters. The van der Waals surface area contributed by atoms with Crippen LogP contribution in [0.5, 0.6) is 5.75 Å². The molecule has 134 valence electrons. The maximum absolute atomic E-state index is 12.4. The van der Waals surface area contributed by atoms with Gasteiger partial charge in [0, 0.05) is 0 Å². The van der Waals surface area contributed by atoms with Gasteiger partial charge in [-0.3, -0.25) is 0 Å². The summed E-state index contributed by atoms with van der Waals surface area (Å²) in [5, 5.41) is 13.1. The highest BCUT2D eigenvalue weighted by atomic mass is 16.5. The van der Waals surface area contributed by atoms with Crippen molar-refractivity contribution >= 4 is 16.7 Å². The first-order chi connectivity index (χ1) is 13.2. The summed E-state index contributed by atoms with van der Waals surface area (Å²) in [5.41, 5.74) is 2.04. The summed E-state index contributed by atoms with van der Waals surface area (Å²) in [7, 11) is 1.64. The fourth-order valence-electron chi connectivity index (χ4n) is 2.78. The van der Waals surface area contributed by atoms with Crippen molar-refractivity contribution in [1.29, 1.82) is 0 Å². The Balaban J connectivity index is 1.48. The molecular formula is C20H16N4O3. The van der Waals surface area contributed by atoms with E-state index in [1.54, 1.807) is 25.3 Å². The molecule has 0 aliphatic rings. The average molecular weight is 360 g/mol. The van der Waals surface area contributed by atoms with Crippen LogP contribution in [0.3, 0.4) is 0 Å². The van der Waals surface area contributed by atoms with Crippen LogP contribution in [-0.4, -0.2) is 33.3 Å². The third-order valence-electron chi connectivity index (χ3n) is 4.18. The summed E-state index contributed by atoms with van der Waals surface area (Å²) >= 11 is 0. The van der Waals surface area contributed by atoms with Gasteiger partial charge in [-0.2, -0.15) is 0 Å². The fraction of sp³-hybridized carbons (Fsp3) is 0.100. The Morgan fingerprint density at radius 3 is 2.70 bits per heavy atom. The van der Waals surface area contributed by atoms with Crippen LogP contribution >= 0.6 is 0 Å². The SMILES string of the molecule is COc1ccc2cc(COC(=O)c3cccc(-n4cnnn4)c3)ccc2c1. The normalized spacial score (nSPS) is 10.7. The van der Waals surface area contributed by atoms with Crippen LogP contribution in [0.25, 0.3) is 16.5 Å². The monoisotopic (exact) mass is 360 g/mol. The van der Waals surface area contributed by atoms with Gasteiger partial charge >= 0.3 is 5.97 Å². The zero-order valence-electron chi connectivity index (χ0n) is 14.6. The smallest absolute Gasteiger partial charge is 0.338 e. The van der Waals surface area contributed by atoms with Gasteiger partial charge in [0.25, 0.3) is 0 Å². The van der Waals surface area contributed by atoms with E-state index in [1.807, 2.05) is 42.5 Å². The minimum atomic E-state index is -0.403. The highest BCUT2D eigenvalue weighted by Gasteiger charge is 2.10. The van der Waals surface area contributed by atoms with E-state index < -0.39 is 5.97 Å². The number of tetrazole rings is 1. The van der Waals surface area contributed by atoms with Crippen LogP contribution in [0.4, 0.5) is 0 Å². The largest absolute Gasteiger partial charge is 0.497 e. The molecule has 1 heterocycles. The van der Waals surface area contributed by atoms with Gasteiger partial charge in [0.2, 0.25) is 0 Å². The quantitative estimate of drug-likeness (QED) is 0.509. The molecule has 3 aromatic carbocycles. The topological polar surface area (TPSA) is 79.1 Å². The average Bonchev–Trinajstić information content (AvgIpc) is 3.26. The molecule has 1 aromatic heterocycles. The molecule has 0 spiro atoms. The lowest BCUT2D eigenvalue weighted by Gasteiger charge is -2.08. The Hall–Kier alpha value is -3.74. The summed E-state index contributed by atoms with van der Waals surface area (Å²) in [6.45, 7) is 0.190. The maximum atomic E-state index is 12.4. The molecule has 27 heavy (non-hydrogen) atoms.